The Labute approximate surface area is 155 Å². The van der Waals surface area contributed by atoms with Crippen LogP contribution in [0.4, 0.5) is 0 Å². The van der Waals surface area contributed by atoms with Crippen LogP contribution in [-0.2, 0) is 14.3 Å². The van der Waals surface area contributed by atoms with Gasteiger partial charge in [0.1, 0.15) is 12.4 Å². The fourth-order valence-electron chi connectivity index (χ4n) is 2.96. The molecule has 1 aromatic carbocycles. The predicted octanol–water partition coefficient (Wildman–Crippen LogP) is 3.50. The highest BCUT2D eigenvalue weighted by molar-refractivity contribution is 5.89. The van der Waals surface area contributed by atoms with Crippen LogP contribution in [0.5, 0.6) is 5.75 Å². The van der Waals surface area contributed by atoms with Crippen LogP contribution in [0.15, 0.2) is 43.0 Å². The van der Waals surface area contributed by atoms with Crippen LogP contribution >= 0.6 is 0 Å². The van der Waals surface area contributed by atoms with Crippen molar-refractivity contribution in [2.45, 2.75) is 38.6 Å². The van der Waals surface area contributed by atoms with Gasteiger partial charge >= 0.3 is 5.97 Å². The lowest BCUT2D eigenvalue weighted by atomic mass is 9.86. The van der Waals surface area contributed by atoms with E-state index in [0.29, 0.717) is 12.5 Å². The summed E-state index contributed by atoms with van der Waals surface area (Å²) in [6, 6.07) is 7.48. The van der Waals surface area contributed by atoms with Gasteiger partial charge in [0, 0.05) is 12.1 Å². The standard InChI is InChI=1S/C21H27NO4/c1-3-14-25-18-11-8-17(9-12-18)10-13-21(24)26-15-20(23)22-19-7-5-4-6-16(19)2/h3,8-13,16,19H,1,4-7,14-15H2,2H3,(H,22,23)/b13-10+/t16-,19+/m1/s1. The van der Waals surface area contributed by atoms with Crippen LogP contribution in [-0.4, -0.2) is 31.1 Å². The Morgan fingerprint density at radius 3 is 2.65 bits per heavy atom. The Kier molecular flexibility index (Phi) is 7.93. The van der Waals surface area contributed by atoms with Crippen molar-refractivity contribution in [2.24, 2.45) is 5.92 Å². The molecule has 0 unspecified atom stereocenters. The summed E-state index contributed by atoms with van der Waals surface area (Å²) < 4.78 is 10.4. The van der Waals surface area contributed by atoms with E-state index in [1.54, 1.807) is 12.2 Å². The molecule has 26 heavy (non-hydrogen) atoms. The zero-order valence-electron chi connectivity index (χ0n) is 15.3. The molecule has 0 aromatic heterocycles. The first kappa shape index (κ1) is 19.8. The minimum absolute atomic E-state index is 0.187. The summed E-state index contributed by atoms with van der Waals surface area (Å²) in [5.74, 6) is 0.429. The fourth-order valence-corrected chi connectivity index (χ4v) is 2.96. The molecular formula is C21H27NO4. The van der Waals surface area contributed by atoms with Crippen molar-refractivity contribution in [3.05, 3.63) is 48.6 Å². The van der Waals surface area contributed by atoms with E-state index in [0.717, 1.165) is 30.6 Å². The van der Waals surface area contributed by atoms with Gasteiger partial charge in [0.25, 0.3) is 5.91 Å². The highest BCUT2D eigenvalue weighted by atomic mass is 16.5. The molecule has 1 aliphatic carbocycles. The average Bonchev–Trinajstić information content (AvgIpc) is 2.65. The zero-order chi connectivity index (χ0) is 18.8. The lowest BCUT2D eigenvalue weighted by Crippen LogP contribution is -2.42. The molecule has 2 atom stereocenters. The van der Waals surface area contributed by atoms with Crippen molar-refractivity contribution in [2.75, 3.05) is 13.2 Å². The van der Waals surface area contributed by atoms with Gasteiger partial charge in [-0.05, 0) is 42.5 Å². The van der Waals surface area contributed by atoms with Crippen LogP contribution in [0, 0.1) is 5.92 Å². The van der Waals surface area contributed by atoms with Crippen LogP contribution in [0.2, 0.25) is 0 Å². The number of carbonyl (C=O) groups excluding carboxylic acids is 2. The van der Waals surface area contributed by atoms with Gasteiger partial charge in [-0.2, -0.15) is 0 Å². The highest BCUT2D eigenvalue weighted by Crippen LogP contribution is 2.23. The summed E-state index contributed by atoms with van der Waals surface area (Å²) in [5.41, 5.74) is 0.841. The summed E-state index contributed by atoms with van der Waals surface area (Å²) in [4.78, 5) is 23.7. The van der Waals surface area contributed by atoms with E-state index in [-0.39, 0.29) is 18.6 Å². The number of hydrogen-bond acceptors (Lipinski definition) is 4. The molecule has 0 radical (unpaired) electrons. The summed E-state index contributed by atoms with van der Waals surface area (Å²) >= 11 is 0. The normalized spacial score (nSPS) is 19.7. The third kappa shape index (κ3) is 6.75. The largest absolute Gasteiger partial charge is 0.490 e. The van der Waals surface area contributed by atoms with E-state index in [2.05, 4.69) is 18.8 Å². The Morgan fingerprint density at radius 1 is 1.23 bits per heavy atom. The monoisotopic (exact) mass is 357 g/mol. The molecule has 1 N–H and O–H groups in total. The molecule has 0 spiro atoms. The summed E-state index contributed by atoms with van der Waals surface area (Å²) in [6.45, 7) is 5.94. The maximum Gasteiger partial charge on any atom is 0.331 e. The van der Waals surface area contributed by atoms with E-state index >= 15 is 0 Å². The number of amides is 1. The fraction of sp³-hybridized carbons (Fsp3) is 0.429. The molecule has 0 heterocycles. The lowest BCUT2D eigenvalue weighted by molar-refractivity contribution is -0.144. The molecule has 0 bridgehead atoms. The molecule has 0 saturated heterocycles. The van der Waals surface area contributed by atoms with E-state index in [1.807, 2.05) is 24.3 Å². The van der Waals surface area contributed by atoms with Gasteiger partial charge < -0.3 is 14.8 Å². The molecule has 1 amide bonds. The van der Waals surface area contributed by atoms with Gasteiger partial charge in [0.05, 0.1) is 0 Å². The predicted molar refractivity (Wildman–Crippen MR) is 102 cm³/mol. The van der Waals surface area contributed by atoms with Crippen LogP contribution < -0.4 is 10.1 Å². The number of esters is 1. The molecular weight excluding hydrogens is 330 g/mol. The van der Waals surface area contributed by atoms with Crippen LogP contribution in [0.1, 0.15) is 38.2 Å². The van der Waals surface area contributed by atoms with Gasteiger partial charge in [-0.25, -0.2) is 4.79 Å². The van der Waals surface area contributed by atoms with E-state index in [4.69, 9.17) is 9.47 Å². The molecule has 5 heteroatoms. The maximum absolute atomic E-state index is 11.9. The molecule has 140 valence electrons. The van der Waals surface area contributed by atoms with Gasteiger partial charge in [-0.1, -0.05) is 44.6 Å². The van der Waals surface area contributed by atoms with Gasteiger partial charge in [-0.3, -0.25) is 4.79 Å². The zero-order valence-corrected chi connectivity index (χ0v) is 15.3. The van der Waals surface area contributed by atoms with E-state index < -0.39 is 5.97 Å². The van der Waals surface area contributed by atoms with Crippen molar-refractivity contribution >= 4 is 18.0 Å². The maximum atomic E-state index is 11.9. The minimum Gasteiger partial charge on any atom is -0.490 e. The topological polar surface area (TPSA) is 64.6 Å². The Hall–Kier alpha value is -2.56. The van der Waals surface area contributed by atoms with E-state index in [9.17, 15) is 9.59 Å². The second-order valence-corrected chi connectivity index (χ2v) is 6.55. The smallest absolute Gasteiger partial charge is 0.331 e. The minimum atomic E-state index is -0.538. The van der Waals surface area contributed by atoms with Crippen molar-refractivity contribution in [1.82, 2.24) is 5.32 Å². The van der Waals surface area contributed by atoms with E-state index in [1.165, 1.54) is 12.5 Å². The molecule has 1 saturated carbocycles. The van der Waals surface area contributed by atoms with Crippen molar-refractivity contribution in [3.63, 3.8) is 0 Å². The molecule has 5 nitrogen and oxygen atoms in total. The first-order valence-corrected chi connectivity index (χ1v) is 9.06. The SMILES string of the molecule is C=CCOc1ccc(/C=C/C(=O)OCC(=O)N[C@H]2CCCC[C@H]2C)cc1. The van der Waals surface area contributed by atoms with Crippen molar-refractivity contribution in [1.29, 1.82) is 0 Å². The summed E-state index contributed by atoms with van der Waals surface area (Å²) in [6.07, 6.45) is 9.10. The highest BCUT2D eigenvalue weighted by Gasteiger charge is 2.22. The lowest BCUT2D eigenvalue weighted by Gasteiger charge is -2.29. The third-order valence-corrected chi connectivity index (χ3v) is 4.46. The van der Waals surface area contributed by atoms with Gasteiger partial charge in [0.2, 0.25) is 0 Å². The second kappa shape index (κ2) is 10.4. The average molecular weight is 357 g/mol. The van der Waals surface area contributed by atoms with Crippen molar-refractivity contribution < 1.29 is 19.1 Å². The first-order chi connectivity index (χ1) is 12.6. The summed E-state index contributed by atoms with van der Waals surface area (Å²) in [7, 11) is 0. The third-order valence-electron chi connectivity index (χ3n) is 4.46. The van der Waals surface area contributed by atoms with Gasteiger partial charge in [0.15, 0.2) is 6.61 Å². The number of rotatable bonds is 8. The Bertz CT molecular complexity index is 636. The molecule has 1 aliphatic rings. The molecule has 2 rings (SSSR count). The molecule has 1 fully saturated rings. The second-order valence-electron chi connectivity index (χ2n) is 6.55. The van der Waals surface area contributed by atoms with Crippen LogP contribution in [0.3, 0.4) is 0 Å². The van der Waals surface area contributed by atoms with Crippen LogP contribution in [0.25, 0.3) is 6.08 Å². The number of ether oxygens (including phenoxy) is 2. The Balaban J connectivity index is 1.72. The van der Waals surface area contributed by atoms with Crippen molar-refractivity contribution in [3.8, 4) is 5.75 Å². The summed E-state index contributed by atoms with van der Waals surface area (Å²) in [5, 5.41) is 2.96. The first-order valence-electron chi connectivity index (χ1n) is 9.06. The molecule has 1 aromatic rings. The Morgan fingerprint density at radius 2 is 1.96 bits per heavy atom. The number of benzene rings is 1. The number of hydrogen-bond donors (Lipinski definition) is 1. The molecule has 0 aliphatic heterocycles. The number of nitrogens with one attached hydrogen (secondary N) is 1. The quantitative estimate of drug-likeness (QED) is 0.439. The number of carbonyl (C=O) groups is 2. The van der Waals surface area contributed by atoms with Gasteiger partial charge in [-0.15, -0.1) is 0 Å².